The van der Waals surface area contributed by atoms with Gasteiger partial charge in [0.25, 0.3) is 0 Å². The van der Waals surface area contributed by atoms with Crippen LogP contribution in [0.2, 0.25) is 0 Å². The lowest BCUT2D eigenvalue weighted by atomic mass is 9.97. The molecule has 1 amide bonds. The van der Waals surface area contributed by atoms with Gasteiger partial charge in [-0.05, 0) is 44.7 Å². The lowest BCUT2D eigenvalue weighted by molar-refractivity contribution is -0.151. The van der Waals surface area contributed by atoms with Crippen molar-refractivity contribution in [3.63, 3.8) is 0 Å². The summed E-state index contributed by atoms with van der Waals surface area (Å²) in [5.74, 6) is 0.568. The van der Waals surface area contributed by atoms with Crippen LogP contribution < -0.4 is 10.1 Å². The minimum atomic E-state index is -0.146. The van der Waals surface area contributed by atoms with Crippen molar-refractivity contribution in [1.82, 2.24) is 4.90 Å². The molecule has 1 aromatic carbocycles. The van der Waals surface area contributed by atoms with Crippen molar-refractivity contribution >= 4 is 17.6 Å². The first-order valence-corrected chi connectivity index (χ1v) is 10.2. The number of nitrogens with one attached hydrogen (secondary N) is 1. The summed E-state index contributed by atoms with van der Waals surface area (Å²) in [6, 6.07) is 7.62. The van der Waals surface area contributed by atoms with Crippen molar-refractivity contribution in [3.8, 4) is 5.75 Å². The molecular formula is C21H30N2O5. The van der Waals surface area contributed by atoms with E-state index in [0.29, 0.717) is 39.1 Å². The van der Waals surface area contributed by atoms with Gasteiger partial charge in [0.15, 0.2) is 0 Å². The number of ether oxygens (including phenoxy) is 3. The van der Waals surface area contributed by atoms with E-state index in [1.165, 1.54) is 0 Å². The number of anilines is 1. The van der Waals surface area contributed by atoms with Crippen molar-refractivity contribution < 1.29 is 23.8 Å². The minimum Gasteiger partial charge on any atom is -0.491 e. The highest BCUT2D eigenvalue weighted by atomic mass is 16.5. The van der Waals surface area contributed by atoms with Gasteiger partial charge in [-0.25, -0.2) is 0 Å². The summed E-state index contributed by atoms with van der Waals surface area (Å²) in [7, 11) is 0. The molecule has 1 N–H and O–H groups in total. The van der Waals surface area contributed by atoms with Crippen LogP contribution >= 0.6 is 0 Å². The van der Waals surface area contributed by atoms with Gasteiger partial charge in [0.2, 0.25) is 5.91 Å². The van der Waals surface area contributed by atoms with E-state index < -0.39 is 0 Å². The largest absolute Gasteiger partial charge is 0.491 e. The standard InChI is InChI=1S/C21H30N2O5/c1-2-26-21(25)16-8-10-23(11-9-16)20(24)14-22-17-5-3-6-18(13-17)28-15-19-7-4-12-27-19/h3,5-6,13,16,19,22H,2,4,7-12,14-15H2,1H3. The lowest BCUT2D eigenvalue weighted by Crippen LogP contribution is -2.43. The number of amides is 1. The summed E-state index contributed by atoms with van der Waals surface area (Å²) in [4.78, 5) is 26.1. The Morgan fingerprint density at radius 1 is 1.25 bits per heavy atom. The fraction of sp³-hybridized carbons (Fsp3) is 0.619. The number of nitrogens with zero attached hydrogens (tertiary/aromatic N) is 1. The maximum Gasteiger partial charge on any atom is 0.309 e. The van der Waals surface area contributed by atoms with E-state index in [1.807, 2.05) is 31.2 Å². The molecule has 2 aliphatic rings. The quantitative estimate of drug-likeness (QED) is 0.687. The summed E-state index contributed by atoms with van der Waals surface area (Å²) in [5.41, 5.74) is 0.847. The third-order valence-corrected chi connectivity index (χ3v) is 5.21. The molecule has 1 atom stereocenters. The summed E-state index contributed by atoms with van der Waals surface area (Å²) in [6.07, 6.45) is 3.64. The Kier molecular flexibility index (Phi) is 7.54. The normalized spacial score (nSPS) is 20.0. The molecule has 7 heteroatoms. The molecule has 0 saturated carbocycles. The molecule has 0 bridgehead atoms. The number of benzene rings is 1. The highest BCUT2D eigenvalue weighted by Crippen LogP contribution is 2.21. The molecule has 0 spiro atoms. The van der Waals surface area contributed by atoms with E-state index in [0.717, 1.165) is 30.9 Å². The van der Waals surface area contributed by atoms with Gasteiger partial charge in [-0.2, -0.15) is 0 Å². The second kappa shape index (κ2) is 10.3. The van der Waals surface area contributed by atoms with Crippen LogP contribution in [0.1, 0.15) is 32.6 Å². The van der Waals surface area contributed by atoms with Crippen LogP contribution in [0.25, 0.3) is 0 Å². The van der Waals surface area contributed by atoms with E-state index >= 15 is 0 Å². The van der Waals surface area contributed by atoms with Crippen LogP contribution in [0.4, 0.5) is 5.69 Å². The van der Waals surface area contributed by atoms with Crippen molar-refractivity contribution in [3.05, 3.63) is 24.3 Å². The number of rotatable bonds is 8. The molecule has 28 heavy (non-hydrogen) atoms. The van der Waals surface area contributed by atoms with Gasteiger partial charge < -0.3 is 24.4 Å². The van der Waals surface area contributed by atoms with Crippen molar-refractivity contribution in [1.29, 1.82) is 0 Å². The summed E-state index contributed by atoms with van der Waals surface area (Å²) >= 11 is 0. The van der Waals surface area contributed by atoms with Crippen LogP contribution in [0, 0.1) is 5.92 Å². The molecule has 154 valence electrons. The van der Waals surface area contributed by atoms with Crippen LogP contribution in [0.15, 0.2) is 24.3 Å². The summed E-state index contributed by atoms with van der Waals surface area (Å²) in [5, 5.41) is 3.17. The van der Waals surface area contributed by atoms with Crippen molar-refractivity contribution in [2.45, 2.75) is 38.7 Å². The van der Waals surface area contributed by atoms with Gasteiger partial charge in [0.05, 0.1) is 25.2 Å². The fourth-order valence-electron chi connectivity index (χ4n) is 3.57. The molecule has 0 aliphatic carbocycles. The lowest BCUT2D eigenvalue weighted by Gasteiger charge is -2.31. The fourth-order valence-corrected chi connectivity index (χ4v) is 3.57. The Bertz CT molecular complexity index is 652. The van der Waals surface area contributed by atoms with Gasteiger partial charge in [-0.15, -0.1) is 0 Å². The minimum absolute atomic E-state index is 0.0352. The number of piperidine rings is 1. The van der Waals surface area contributed by atoms with Gasteiger partial charge in [0.1, 0.15) is 12.4 Å². The Balaban J connectivity index is 1.41. The van der Waals surface area contributed by atoms with Crippen LogP contribution in [-0.4, -0.2) is 62.3 Å². The summed E-state index contributed by atoms with van der Waals surface area (Å²) in [6.45, 7) is 4.98. The SMILES string of the molecule is CCOC(=O)C1CCN(C(=O)CNc2cccc(OCC3CCCO3)c2)CC1. The number of hydrogen-bond donors (Lipinski definition) is 1. The van der Waals surface area contributed by atoms with Gasteiger partial charge in [-0.1, -0.05) is 6.07 Å². The van der Waals surface area contributed by atoms with E-state index in [2.05, 4.69) is 5.32 Å². The monoisotopic (exact) mass is 390 g/mol. The summed E-state index contributed by atoms with van der Waals surface area (Å²) < 4.78 is 16.4. The molecule has 2 heterocycles. The maximum absolute atomic E-state index is 12.5. The number of hydrogen-bond acceptors (Lipinski definition) is 6. The van der Waals surface area contributed by atoms with Gasteiger partial charge in [0, 0.05) is 31.5 Å². The second-order valence-electron chi connectivity index (χ2n) is 7.23. The van der Waals surface area contributed by atoms with Crippen molar-refractivity contribution in [2.75, 3.05) is 44.8 Å². The highest BCUT2D eigenvalue weighted by Gasteiger charge is 2.28. The molecule has 2 saturated heterocycles. The smallest absolute Gasteiger partial charge is 0.309 e. The highest BCUT2D eigenvalue weighted by molar-refractivity contribution is 5.81. The van der Waals surface area contributed by atoms with Gasteiger partial charge in [-0.3, -0.25) is 9.59 Å². The van der Waals surface area contributed by atoms with Crippen LogP contribution in [-0.2, 0) is 19.1 Å². The molecule has 7 nitrogen and oxygen atoms in total. The van der Waals surface area contributed by atoms with E-state index in [9.17, 15) is 9.59 Å². The van der Waals surface area contributed by atoms with Crippen LogP contribution in [0.3, 0.4) is 0 Å². The first-order chi connectivity index (χ1) is 13.7. The Hall–Kier alpha value is -2.28. The predicted molar refractivity (Wildman–Crippen MR) is 105 cm³/mol. The van der Waals surface area contributed by atoms with E-state index in [-0.39, 0.29) is 30.4 Å². The molecular weight excluding hydrogens is 360 g/mol. The van der Waals surface area contributed by atoms with Gasteiger partial charge >= 0.3 is 5.97 Å². The third-order valence-electron chi connectivity index (χ3n) is 5.21. The molecule has 1 aromatic rings. The van der Waals surface area contributed by atoms with E-state index in [1.54, 1.807) is 4.90 Å². The van der Waals surface area contributed by atoms with E-state index in [4.69, 9.17) is 14.2 Å². The number of likely N-dealkylation sites (tertiary alicyclic amines) is 1. The third kappa shape index (κ3) is 5.86. The molecule has 3 rings (SSSR count). The number of carbonyl (C=O) groups is 2. The average molecular weight is 390 g/mol. The zero-order chi connectivity index (χ0) is 19.8. The first kappa shape index (κ1) is 20.5. The predicted octanol–water partition coefficient (Wildman–Crippen LogP) is 2.46. The Labute approximate surface area is 166 Å². The first-order valence-electron chi connectivity index (χ1n) is 10.2. The zero-order valence-corrected chi connectivity index (χ0v) is 16.5. The molecule has 1 unspecified atom stereocenters. The maximum atomic E-state index is 12.5. The number of esters is 1. The topological polar surface area (TPSA) is 77.1 Å². The van der Waals surface area contributed by atoms with Crippen molar-refractivity contribution in [2.24, 2.45) is 5.92 Å². The molecule has 2 fully saturated rings. The molecule has 0 radical (unpaired) electrons. The molecule has 2 aliphatic heterocycles. The average Bonchev–Trinajstić information content (AvgIpc) is 3.25. The Morgan fingerprint density at radius 3 is 2.79 bits per heavy atom. The number of carbonyl (C=O) groups excluding carboxylic acids is 2. The Morgan fingerprint density at radius 2 is 2.07 bits per heavy atom. The second-order valence-corrected chi connectivity index (χ2v) is 7.23. The van der Waals surface area contributed by atoms with Crippen LogP contribution in [0.5, 0.6) is 5.75 Å². The molecule has 0 aromatic heterocycles. The zero-order valence-electron chi connectivity index (χ0n) is 16.5.